The number of benzene rings is 2. The molecule has 0 amide bonds. The van der Waals surface area contributed by atoms with Crippen LogP contribution in [-0.2, 0) is 6.42 Å². The molecule has 1 aliphatic rings. The number of fused-ring (bicyclic) bond motifs is 5. The predicted molar refractivity (Wildman–Crippen MR) is 84.2 cm³/mol. The van der Waals surface area contributed by atoms with Crippen LogP contribution in [0.1, 0.15) is 5.56 Å². The van der Waals surface area contributed by atoms with E-state index in [4.69, 9.17) is 16.3 Å². The van der Waals surface area contributed by atoms with E-state index < -0.39 is 0 Å². The summed E-state index contributed by atoms with van der Waals surface area (Å²) < 4.78 is 5.83. The van der Waals surface area contributed by atoms with Gasteiger partial charge < -0.3 is 9.72 Å². The van der Waals surface area contributed by atoms with Crippen LogP contribution in [-0.4, -0.2) is 11.6 Å². The topological polar surface area (TPSA) is 42.1 Å². The minimum Gasteiger partial charge on any atom is -0.493 e. The third-order valence-electron chi connectivity index (χ3n) is 3.86. The number of pyridine rings is 1. The minimum absolute atomic E-state index is 0.0838. The van der Waals surface area contributed by atoms with Crippen LogP contribution in [0, 0.1) is 0 Å². The number of aromatic nitrogens is 1. The normalized spacial score (nSPS) is 13.2. The lowest BCUT2D eigenvalue weighted by molar-refractivity contribution is 0.327. The highest BCUT2D eigenvalue weighted by atomic mass is 35.5. The molecular formula is C17H12ClNO2. The fraction of sp³-hybridized carbons (Fsp3) is 0.118. The van der Waals surface area contributed by atoms with E-state index >= 15 is 0 Å². The van der Waals surface area contributed by atoms with Crippen molar-refractivity contribution in [1.82, 2.24) is 4.98 Å². The molecule has 1 N–H and O–H groups in total. The summed E-state index contributed by atoms with van der Waals surface area (Å²) in [6, 6.07) is 13.1. The largest absolute Gasteiger partial charge is 0.493 e. The first-order valence-corrected chi connectivity index (χ1v) is 7.18. The monoisotopic (exact) mass is 297 g/mol. The number of nitrogens with one attached hydrogen (secondary N) is 1. The first kappa shape index (κ1) is 12.5. The summed E-state index contributed by atoms with van der Waals surface area (Å²) in [5.74, 6) is 0.810. The maximum absolute atomic E-state index is 11.5. The molecule has 0 fully saturated rings. The van der Waals surface area contributed by atoms with Crippen molar-refractivity contribution < 1.29 is 4.74 Å². The van der Waals surface area contributed by atoms with Crippen molar-refractivity contribution in [3.05, 3.63) is 63.4 Å². The fourth-order valence-electron chi connectivity index (χ4n) is 2.92. The quantitative estimate of drug-likeness (QED) is 0.686. The zero-order valence-corrected chi connectivity index (χ0v) is 11.9. The van der Waals surface area contributed by atoms with Gasteiger partial charge >= 0.3 is 0 Å². The average Bonchev–Trinajstić information content (AvgIpc) is 2.65. The van der Waals surface area contributed by atoms with E-state index in [0.29, 0.717) is 11.6 Å². The molecule has 0 saturated carbocycles. The highest BCUT2D eigenvalue weighted by Crippen LogP contribution is 2.39. The van der Waals surface area contributed by atoms with E-state index in [-0.39, 0.29) is 5.56 Å². The molecule has 4 heteroatoms. The van der Waals surface area contributed by atoms with Crippen LogP contribution in [0.3, 0.4) is 0 Å². The highest BCUT2D eigenvalue weighted by molar-refractivity contribution is 6.30. The number of halogens is 1. The third-order valence-corrected chi connectivity index (χ3v) is 4.09. The molecule has 2 aromatic carbocycles. The van der Waals surface area contributed by atoms with Crippen molar-refractivity contribution in [3.8, 4) is 16.9 Å². The molecule has 0 aliphatic carbocycles. The van der Waals surface area contributed by atoms with Crippen molar-refractivity contribution in [2.75, 3.05) is 6.61 Å². The van der Waals surface area contributed by atoms with Crippen LogP contribution < -0.4 is 10.3 Å². The van der Waals surface area contributed by atoms with Crippen molar-refractivity contribution >= 4 is 22.5 Å². The van der Waals surface area contributed by atoms with Gasteiger partial charge in [-0.05, 0) is 41.5 Å². The third kappa shape index (κ3) is 2.01. The van der Waals surface area contributed by atoms with Gasteiger partial charge in [0.2, 0.25) is 5.56 Å². The minimum atomic E-state index is -0.0838. The molecule has 4 rings (SSSR count). The summed E-state index contributed by atoms with van der Waals surface area (Å²) >= 11 is 6.05. The molecule has 1 aliphatic heterocycles. The smallest absolute Gasteiger partial charge is 0.248 e. The summed E-state index contributed by atoms with van der Waals surface area (Å²) in [7, 11) is 0. The van der Waals surface area contributed by atoms with E-state index in [1.165, 1.54) is 5.56 Å². The molecule has 0 atom stereocenters. The van der Waals surface area contributed by atoms with Crippen LogP contribution in [0.15, 0.2) is 47.3 Å². The van der Waals surface area contributed by atoms with Gasteiger partial charge in [-0.3, -0.25) is 4.79 Å². The molecular weight excluding hydrogens is 286 g/mol. The molecule has 0 spiro atoms. The van der Waals surface area contributed by atoms with Crippen molar-refractivity contribution in [2.45, 2.75) is 6.42 Å². The van der Waals surface area contributed by atoms with Gasteiger partial charge in [0.1, 0.15) is 5.75 Å². The van der Waals surface area contributed by atoms with Gasteiger partial charge in [0.25, 0.3) is 0 Å². The summed E-state index contributed by atoms with van der Waals surface area (Å²) in [5, 5.41) is 1.74. The standard InChI is InChI=1S/C17H12ClNO2/c18-10-1-2-14-11-3-5-15-13(4-6-17(20)19-15)12(11)7-8-21-16(14)9-10/h1-6,9H,7-8H2,(H,19,20). The molecule has 1 aromatic heterocycles. The Balaban J connectivity index is 2.06. The summed E-state index contributed by atoms with van der Waals surface area (Å²) in [6.45, 7) is 0.596. The summed E-state index contributed by atoms with van der Waals surface area (Å²) in [6.07, 6.45) is 0.797. The lowest BCUT2D eigenvalue weighted by Gasteiger charge is -2.11. The van der Waals surface area contributed by atoms with Gasteiger partial charge in [-0.15, -0.1) is 0 Å². The molecule has 21 heavy (non-hydrogen) atoms. The lowest BCUT2D eigenvalue weighted by atomic mass is 9.94. The van der Waals surface area contributed by atoms with Crippen LogP contribution in [0.25, 0.3) is 22.0 Å². The molecule has 104 valence electrons. The fourth-order valence-corrected chi connectivity index (χ4v) is 3.08. The second-order valence-electron chi connectivity index (χ2n) is 5.11. The Bertz CT molecular complexity index is 914. The molecule has 3 aromatic rings. The van der Waals surface area contributed by atoms with Crippen molar-refractivity contribution in [1.29, 1.82) is 0 Å². The van der Waals surface area contributed by atoms with Crippen molar-refractivity contribution in [2.24, 2.45) is 0 Å². The summed E-state index contributed by atoms with van der Waals surface area (Å²) in [5.41, 5.74) is 4.15. The van der Waals surface area contributed by atoms with Crippen LogP contribution in [0.4, 0.5) is 0 Å². The van der Waals surface area contributed by atoms with Crippen LogP contribution in [0.5, 0.6) is 5.75 Å². The van der Waals surface area contributed by atoms with Crippen LogP contribution >= 0.6 is 11.6 Å². The second-order valence-corrected chi connectivity index (χ2v) is 5.55. The molecule has 2 heterocycles. The number of hydrogen-bond donors (Lipinski definition) is 1. The van der Waals surface area contributed by atoms with E-state index in [9.17, 15) is 4.79 Å². The first-order chi connectivity index (χ1) is 10.2. The SMILES string of the molecule is O=c1ccc2c3c(ccc2[nH]1)-c1ccc(Cl)cc1OCC3. The Hall–Kier alpha value is -2.26. The maximum Gasteiger partial charge on any atom is 0.248 e. The Morgan fingerprint density at radius 1 is 1.05 bits per heavy atom. The Labute approximate surface area is 126 Å². The van der Waals surface area contributed by atoms with Gasteiger partial charge in [-0.2, -0.15) is 0 Å². The highest BCUT2D eigenvalue weighted by Gasteiger charge is 2.17. The number of rotatable bonds is 0. The Kier molecular flexibility index (Phi) is 2.76. The average molecular weight is 298 g/mol. The number of aromatic amines is 1. The van der Waals surface area contributed by atoms with Crippen LogP contribution in [0.2, 0.25) is 5.02 Å². The van der Waals surface area contributed by atoms with Crippen molar-refractivity contribution in [3.63, 3.8) is 0 Å². The Morgan fingerprint density at radius 2 is 1.90 bits per heavy atom. The lowest BCUT2D eigenvalue weighted by Crippen LogP contribution is -2.04. The first-order valence-electron chi connectivity index (χ1n) is 6.80. The molecule has 0 radical (unpaired) electrons. The Morgan fingerprint density at radius 3 is 2.81 bits per heavy atom. The predicted octanol–water partition coefficient (Wildman–Crippen LogP) is 3.78. The number of H-pyrrole nitrogens is 1. The maximum atomic E-state index is 11.5. The van der Waals surface area contributed by atoms with Gasteiger partial charge in [0, 0.05) is 34.0 Å². The van der Waals surface area contributed by atoms with E-state index in [1.54, 1.807) is 6.07 Å². The second kappa shape index (κ2) is 4.64. The zero-order chi connectivity index (χ0) is 14.4. The summed E-state index contributed by atoms with van der Waals surface area (Å²) in [4.78, 5) is 14.3. The van der Waals surface area contributed by atoms with E-state index in [1.807, 2.05) is 36.4 Å². The molecule has 3 nitrogen and oxygen atoms in total. The van der Waals surface area contributed by atoms with Gasteiger partial charge in [-0.25, -0.2) is 0 Å². The van der Waals surface area contributed by atoms with Gasteiger partial charge in [-0.1, -0.05) is 17.7 Å². The number of ether oxygens (including phenoxy) is 1. The number of hydrogen-bond acceptors (Lipinski definition) is 2. The van der Waals surface area contributed by atoms with E-state index in [0.717, 1.165) is 34.2 Å². The molecule has 0 bridgehead atoms. The van der Waals surface area contributed by atoms with E-state index in [2.05, 4.69) is 4.98 Å². The van der Waals surface area contributed by atoms with Gasteiger partial charge in [0.15, 0.2) is 0 Å². The zero-order valence-electron chi connectivity index (χ0n) is 11.2. The molecule has 0 saturated heterocycles. The van der Waals surface area contributed by atoms with Gasteiger partial charge in [0.05, 0.1) is 6.61 Å². The molecule has 0 unspecified atom stereocenters.